The van der Waals surface area contributed by atoms with Gasteiger partial charge in [0, 0.05) is 13.1 Å². The van der Waals surface area contributed by atoms with Gasteiger partial charge in [0.25, 0.3) is 0 Å². The minimum Gasteiger partial charge on any atom is -0.372 e. The maximum absolute atomic E-state index is 5.99. The first-order chi connectivity index (χ1) is 9.01. The molecule has 1 fully saturated rings. The Morgan fingerprint density at radius 2 is 1.53 bits per heavy atom. The molecule has 1 aliphatic rings. The number of nitrogens with two attached hydrogens (primary N) is 1. The van der Waals surface area contributed by atoms with E-state index in [1.54, 1.807) is 0 Å². The molecule has 3 nitrogen and oxygen atoms in total. The van der Waals surface area contributed by atoms with E-state index in [0.29, 0.717) is 18.8 Å². The SMILES string of the molecule is CC(C)CCN(CCC(C)C)CC1CCC(CN)O1. The van der Waals surface area contributed by atoms with Crippen LogP contribution in [0, 0.1) is 11.8 Å². The van der Waals surface area contributed by atoms with Crippen molar-refractivity contribution >= 4 is 0 Å². The summed E-state index contributed by atoms with van der Waals surface area (Å²) in [5.41, 5.74) is 5.69. The van der Waals surface area contributed by atoms with Gasteiger partial charge in [-0.25, -0.2) is 0 Å². The minimum atomic E-state index is 0.307. The van der Waals surface area contributed by atoms with E-state index in [9.17, 15) is 0 Å². The predicted octanol–water partition coefficient (Wildman–Crippen LogP) is 2.89. The lowest BCUT2D eigenvalue weighted by molar-refractivity contribution is 0.0254. The molecule has 0 aromatic carbocycles. The smallest absolute Gasteiger partial charge is 0.0707 e. The van der Waals surface area contributed by atoms with Crippen LogP contribution >= 0.6 is 0 Å². The summed E-state index contributed by atoms with van der Waals surface area (Å²) in [5.74, 6) is 1.56. The highest BCUT2D eigenvalue weighted by molar-refractivity contribution is 4.77. The number of hydrogen-bond acceptors (Lipinski definition) is 3. The summed E-state index contributed by atoms with van der Waals surface area (Å²) in [7, 11) is 0. The number of hydrogen-bond donors (Lipinski definition) is 1. The Labute approximate surface area is 119 Å². The van der Waals surface area contributed by atoms with Gasteiger partial charge in [0.05, 0.1) is 12.2 Å². The maximum Gasteiger partial charge on any atom is 0.0707 e. The molecule has 0 radical (unpaired) electrons. The highest BCUT2D eigenvalue weighted by Gasteiger charge is 2.25. The van der Waals surface area contributed by atoms with Crippen LogP contribution < -0.4 is 5.73 Å². The van der Waals surface area contributed by atoms with Crippen LogP contribution in [0.15, 0.2) is 0 Å². The second-order valence-corrected chi connectivity index (χ2v) is 6.86. The highest BCUT2D eigenvalue weighted by Crippen LogP contribution is 2.20. The normalized spacial score (nSPS) is 24.0. The van der Waals surface area contributed by atoms with E-state index in [4.69, 9.17) is 10.5 Å². The molecule has 1 heterocycles. The van der Waals surface area contributed by atoms with E-state index in [1.165, 1.54) is 32.4 Å². The zero-order chi connectivity index (χ0) is 14.3. The molecule has 3 heteroatoms. The van der Waals surface area contributed by atoms with Crippen molar-refractivity contribution in [2.24, 2.45) is 17.6 Å². The molecule has 0 aromatic heterocycles. The van der Waals surface area contributed by atoms with Crippen LogP contribution in [-0.4, -0.2) is 43.3 Å². The summed E-state index contributed by atoms with van der Waals surface area (Å²) in [4.78, 5) is 2.60. The molecule has 0 spiro atoms. The first kappa shape index (κ1) is 16.9. The quantitative estimate of drug-likeness (QED) is 0.700. The summed E-state index contributed by atoms with van der Waals surface area (Å²) in [6.45, 7) is 13.4. The van der Waals surface area contributed by atoms with Crippen molar-refractivity contribution in [2.45, 2.75) is 65.6 Å². The average Bonchev–Trinajstić information content (AvgIpc) is 2.80. The molecule has 2 atom stereocenters. The largest absolute Gasteiger partial charge is 0.372 e. The molecule has 0 saturated carbocycles. The van der Waals surface area contributed by atoms with Crippen LogP contribution in [0.25, 0.3) is 0 Å². The molecule has 1 saturated heterocycles. The van der Waals surface area contributed by atoms with Crippen LogP contribution in [0.5, 0.6) is 0 Å². The molecule has 2 unspecified atom stereocenters. The van der Waals surface area contributed by atoms with Crippen molar-refractivity contribution in [1.82, 2.24) is 4.90 Å². The second-order valence-electron chi connectivity index (χ2n) is 6.86. The van der Waals surface area contributed by atoms with Crippen molar-refractivity contribution in [3.63, 3.8) is 0 Å². The Kier molecular flexibility index (Phi) is 7.96. The average molecular weight is 270 g/mol. The number of nitrogens with zero attached hydrogens (tertiary/aromatic N) is 1. The van der Waals surface area contributed by atoms with Crippen LogP contribution in [0.3, 0.4) is 0 Å². The second kappa shape index (κ2) is 8.93. The Bertz CT molecular complexity index is 219. The minimum absolute atomic E-state index is 0.307. The van der Waals surface area contributed by atoms with E-state index in [-0.39, 0.29) is 0 Å². The van der Waals surface area contributed by atoms with Crippen molar-refractivity contribution in [2.75, 3.05) is 26.2 Å². The molecule has 0 aromatic rings. The molecule has 1 rings (SSSR count). The Morgan fingerprint density at radius 1 is 1.00 bits per heavy atom. The summed E-state index contributed by atoms with van der Waals surface area (Å²) in [6, 6.07) is 0. The lowest BCUT2D eigenvalue weighted by atomic mass is 10.1. The molecule has 2 N–H and O–H groups in total. The van der Waals surface area contributed by atoms with Crippen molar-refractivity contribution in [1.29, 1.82) is 0 Å². The van der Waals surface area contributed by atoms with Gasteiger partial charge in [-0.05, 0) is 50.6 Å². The van der Waals surface area contributed by atoms with Gasteiger partial charge in [0.1, 0.15) is 0 Å². The summed E-state index contributed by atoms with van der Waals surface area (Å²) in [6.07, 6.45) is 5.61. The molecule has 19 heavy (non-hydrogen) atoms. The number of rotatable bonds is 9. The maximum atomic E-state index is 5.99. The van der Waals surface area contributed by atoms with Gasteiger partial charge in [0.15, 0.2) is 0 Å². The van der Waals surface area contributed by atoms with Gasteiger partial charge in [-0.2, -0.15) is 0 Å². The predicted molar refractivity (Wildman–Crippen MR) is 82.3 cm³/mol. The van der Waals surface area contributed by atoms with Crippen LogP contribution in [0.2, 0.25) is 0 Å². The summed E-state index contributed by atoms with van der Waals surface area (Å²) >= 11 is 0. The van der Waals surface area contributed by atoms with Crippen molar-refractivity contribution < 1.29 is 4.74 Å². The molecule has 0 bridgehead atoms. The third-order valence-corrected chi connectivity index (χ3v) is 3.97. The van der Waals surface area contributed by atoms with Crippen LogP contribution in [0.1, 0.15) is 53.4 Å². The number of ether oxygens (including phenoxy) is 1. The first-order valence-corrected chi connectivity index (χ1v) is 8.09. The Morgan fingerprint density at radius 3 is 1.95 bits per heavy atom. The fourth-order valence-corrected chi connectivity index (χ4v) is 2.55. The molecule has 1 aliphatic heterocycles. The standard InChI is InChI=1S/C16H34N2O/c1-13(2)7-9-18(10-8-14(3)4)12-16-6-5-15(11-17)19-16/h13-16H,5-12,17H2,1-4H3. The zero-order valence-electron chi connectivity index (χ0n) is 13.4. The molecule has 0 aliphatic carbocycles. The first-order valence-electron chi connectivity index (χ1n) is 8.09. The van der Waals surface area contributed by atoms with Gasteiger partial charge < -0.3 is 15.4 Å². The monoisotopic (exact) mass is 270 g/mol. The van der Waals surface area contributed by atoms with Gasteiger partial charge >= 0.3 is 0 Å². The summed E-state index contributed by atoms with van der Waals surface area (Å²) < 4.78 is 5.99. The lowest BCUT2D eigenvalue weighted by Gasteiger charge is -2.27. The van der Waals surface area contributed by atoms with Crippen LogP contribution in [0.4, 0.5) is 0 Å². The van der Waals surface area contributed by atoms with Crippen LogP contribution in [-0.2, 0) is 4.74 Å². The van der Waals surface area contributed by atoms with Gasteiger partial charge in [-0.3, -0.25) is 0 Å². The third-order valence-electron chi connectivity index (χ3n) is 3.97. The van der Waals surface area contributed by atoms with Gasteiger partial charge in [-0.15, -0.1) is 0 Å². The van der Waals surface area contributed by atoms with Crippen molar-refractivity contribution in [3.05, 3.63) is 0 Å². The third kappa shape index (κ3) is 7.28. The zero-order valence-corrected chi connectivity index (χ0v) is 13.4. The lowest BCUT2D eigenvalue weighted by Crippen LogP contribution is -2.35. The Hall–Kier alpha value is -0.120. The molecule has 0 amide bonds. The van der Waals surface area contributed by atoms with Gasteiger partial charge in [0.2, 0.25) is 0 Å². The van der Waals surface area contributed by atoms with E-state index in [0.717, 1.165) is 24.8 Å². The Balaban J connectivity index is 2.34. The topological polar surface area (TPSA) is 38.5 Å². The van der Waals surface area contributed by atoms with E-state index in [2.05, 4.69) is 32.6 Å². The summed E-state index contributed by atoms with van der Waals surface area (Å²) in [5, 5.41) is 0. The molecular formula is C16H34N2O. The van der Waals surface area contributed by atoms with E-state index >= 15 is 0 Å². The van der Waals surface area contributed by atoms with E-state index in [1.807, 2.05) is 0 Å². The molecular weight excluding hydrogens is 236 g/mol. The highest BCUT2D eigenvalue weighted by atomic mass is 16.5. The van der Waals surface area contributed by atoms with Crippen molar-refractivity contribution in [3.8, 4) is 0 Å². The van der Waals surface area contributed by atoms with E-state index < -0.39 is 0 Å². The van der Waals surface area contributed by atoms with Gasteiger partial charge in [-0.1, -0.05) is 27.7 Å². The molecule has 114 valence electrons. The fraction of sp³-hybridized carbons (Fsp3) is 1.00. The fourth-order valence-electron chi connectivity index (χ4n) is 2.55.